The van der Waals surface area contributed by atoms with Gasteiger partial charge in [0.05, 0.1) is 24.3 Å². The fraction of sp³-hybridized carbons (Fsp3) is 0.389. The summed E-state index contributed by atoms with van der Waals surface area (Å²) in [5.74, 6) is 0.286. The molecule has 2 aromatic rings. The van der Waals surface area contributed by atoms with E-state index in [0.717, 1.165) is 4.68 Å². The van der Waals surface area contributed by atoms with Gasteiger partial charge in [-0.1, -0.05) is 12.1 Å². The van der Waals surface area contributed by atoms with Gasteiger partial charge in [0.25, 0.3) is 5.56 Å². The third-order valence-electron chi connectivity index (χ3n) is 4.68. The predicted octanol–water partition coefficient (Wildman–Crippen LogP) is 0.564. The van der Waals surface area contributed by atoms with E-state index in [4.69, 9.17) is 4.74 Å². The minimum absolute atomic E-state index is 0.0428. The topological polar surface area (TPSA) is 98.6 Å². The number of sulfone groups is 1. The van der Waals surface area contributed by atoms with Crippen LogP contribution in [0.4, 0.5) is 0 Å². The molecule has 1 aliphatic heterocycles. The maximum absolute atomic E-state index is 12.5. The van der Waals surface area contributed by atoms with Crippen LogP contribution in [0.25, 0.3) is 11.3 Å². The van der Waals surface area contributed by atoms with Crippen molar-refractivity contribution >= 4 is 15.7 Å². The Morgan fingerprint density at radius 2 is 2.04 bits per heavy atom. The Hall–Kier alpha value is -2.68. The molecule has 1 aromatic carbocycles. The van der Waals surface area contributed by atoms with Crippen LogP contribution >= 0.6 is 0 Å². The summed E-state index contributed by atoms with van der Waals surface area (Å²) in [4.78, 5) is 26.1. The van der Waals surface area contributed by atoms with Crippen molar-refractivity contribution in [3.63, 3.8) is 0 Å². The molecule has 9 heteroatoms. The van der Waals surface area contributed by atoms with Gasteiger partial charge < -0.3 is 9.64 Å². The number of amides is 1. The van der Waals surface area contributed by atoms with Crippen LogP contribution < -0.4 is 10.3 Å². The number of aromatic nitrogens is 2. The summed E-state index contributed by atoms with van der Waals surface area (Å²) in [6.07, 6.45) is 0.411. The van der Waals surface area contributed by atoms with Gasteiger partial charge >= 0.3 is 0 Å². The Balaban J connectivity index is 1.83. The Morgan fingerprint density at radius 3 is 2.70 bits per heavy atom. The van der Waals surface area contributed by atoms with Crippen molar-refractivity contribution in [2.24, 2.45) is 0 Å². The van der Waals surface area contributed by atoms with E-state index in [-0.39, 0.29) is 30.0 Å². The number of nitrogens with zero attached hydrogens (tertiary/aromatic N) is 3. The summed E-state index contributed by atoms with van der Waals surface area (Å²) < 4.78 is 29.7. The lowest BCUT2D eigenvalue weighted by molar-refractivity contribution is -0.132. The first-order chi connectivity index (χ1) is 12.8. The molecule has 0 spiro atoms. The molecule has 3 rings (SSSR count). The first-order valence-corrected chi connectivity index (χ1v) is 10.3. The molecule has 1 saturated heterocycles. The van der Waals surface area contributed by atoms with Crippen LogP contribution in [0, 0.1) is 0 Å². The van der Waals surface area contributed by atoms with Gasteiger partial charge in [0.1, 0.15) is 12.3 Å². The van der Waals surface area contributed by atoms with E-state index in [1.165, 1.54) is 11.0 Å². The molecular weight excluding hydrogens is 370 g/mol. The summed E-state index contributed by atoms with van der Waals surface area (Å²) in [6.45, 7) is -0.255. The highest BCUT2D eigenvalue weighted by molar-refractivity contribution is 7.91. The lowest BCUT2D eigenvalue weighted by atomic mass is 10.1. The molecule has 1 aliphatic rings. The molecule has 8 nitrogen and oxygen atoms in total. The molecule has 2 heterocycles. The highest BCUT2D eigenvalue weighted by Crippen LogP contribution is 2.27. The van der Waals surface area contributed by atoms with Gasteiger partial charge in [-0.3, -0.25) is 9.59 Å². The number of hydrogen-bond donors (Lipinski definition) is 0. The SMILES string of the molecule is COc1ccccc1-c1ccc(=O)n(CC(=O)N(C)[C@@H]2CCS(=O)(=O)C2)n1. The smallest absolute Gasteiger partial charge is 0.267 e. The molecule has 27 heavy (non-hydrogen) atoms. The van der Waals surface area contributed by atoms with Crippen molar-refractivity contribution in [3.05, 3.63) is 46.8 Å². The number of carbonyl (C=O) groups excluding carboxylic acids is 1. The monoisotopic (exact) mass is 391 g/mol. The van der Waals surface area contributed by atoms with E-state index >= 15 is 0 Å². The van der Waals surface area contributed by atoms with Crippen molar-refractivity contribution in [1.29, 1.82) is 0 Å². The molecule has 1 aromatic heterocycles. The number of carbonyl (C=O) groups is 1. The molecule has 0 bridgehead atoms. The average molecular weight is 391 g/mol. The molecule has 144 valence electrons. The second kappa shape index (κ2) is 7.51. The number of para-hydroxylation sites is 1. The Bertz CT molecular complexity index is 1020. The molecule has 0 radical (unpaired) electrons. The second-order valence-corrected chi connectivity index (χ2v) is 8.70. The van der Waals surface area contributed by atoms with E-state index in [2.05, 4.69) is 5.10 Å². The van der Waals surface area contributed by atoms with E-state index < -0.39 is 15.4 Å². The van der Waals surface area contributed by atoms with Crippen molar-refractivity contribution in [2.45, 2.75) is 19.0 Å². The van der Waals surface area contributed by atoms with E-state index in [1.807, 2.05) is 18.2 Å². The molecule has 0 N–H and O–H groups in total. The van der Waals surface area contributed by atoms with Crippen LogP contribution in [0.3, 0.4) is 0 Å². The number of benzene rings is 1. The van der Waals surface area contributed by atoms with Gasteiger partial charge in [-0.2, -0.15) is 5.10 Å². The van der Waals surface area contributed by atoms with Gasteiger partial charge in [0, 0.05) is 24.7 Å². The highest BCUT2D eigenvalue weighted by Gasteiger charge is 2.32. The highest BCUT2D eigenvalue weighted by atomic mass is 32.2. The zero-order chi connectivity index (χ0) is 19.6. The Kier molecular flexibility index (Phi) is 5.31. The third-order valence-corrected chi connectivity index (χ3v) is 6.43. The van der Waals surface area contributed by atoms with Crippen molar-refractivity contribution in [2.75, 3.05) is 25.7 Å². The summed E-state index contributed by atoms with van der Waals surface area (Å²) >= 11 is 0. The van der Waals surface area contributed by atoms with Crippen LogP contribution in [-0.2, 0) is 21.2 Å². The maximum Gasteiger partial charge on any atom is 0.267 e. The second-order valence-electron chi connectivity index (χ2n) is 6.48. The quantitative estimate of drug-likeness (QED) is 0.739. The lowest BCUT2D eigenvalue weighted by Crippen LogP contribution is -2.41. The average Bonchev–Trinajstić information content (AvgIpc) is 3.02. The van der Waals surface area contributed by atoms with Crippen molar-refractivity contribution in [3.8, 4) is 17.0 Å². The van der Waals surface area contributed by atoms with Crippen LogP contribution in [0.15, 0.2) is 41.2 Å². The standard InChI is InChI=1S/C18H21N3O5S/c1-20(13-9-10-27(24,25)12-13)18(23)11-21-17(22)8-7-15(19-21)14-5-3-4-6-16(14)26-2/h3-8,13H,9-12H2,1-2H3/t13-/m1/s1. The number of methoxy groups -OCH3 is 1. The lowest BCUT2D eigenvalue weighted by Gasteiger charge is -2.23. The molecule has 0 saturated carbocycles. The Labute approximate surface area is 157 Å². The predicted molar refractivity (Wildman–Crippen MR) is 100 cm³/mol. The zero-order valence-corrected chi connectivity index (χ0v) is 16.0. The summed E-state index contributed by atoms with van der Waals surface area (Å²) in [5.41, 5.74) is 0.803. The van der Waals surface area contributed by atoms with Gasteiger partial charge in [-0.25, -0.2) is 13.1 Å². The zero-order valence-electron chi connectivity index (χ0n) is 15.2. The summed E-state index contributed by atoms with van der Waals surface area (Å²) in [7, 11) is 0.00571. The first kappa shape index (κ1) is 19.1. The van der Waals surface area contributed by atoms with Gasteiger partial charge in [0.2, 0.25) is 5.91 Å². The largest absolute Gasteiger partial charge is 0.496 e. The van der Waals surface area contributed by atoms with Gasteiger partial charge in [-0.15, -0.1) is 0 Å². The fourth-order valence-electron chi connectivity index (χ4n) is 3.09. The Morgan fingerprint density at radius 1 is 1.30 bits per heavy atom. The molecule has 1 atom stereocenters. The molecular formula is C18H21N3O5S. The van der Waals surface area contributed by atoms with E-state index in [0.29, 0.717) is 23.4 Å². The molecule has 1 amide bonds. The first-order valence-electron chi connectivity index (χ1n) is 8.48. The fourth-order valence-corrected chi connectivity index (χ4v) is 4.86. The van der Waals surface area contributed by atoms with Gasteiger partial charge in [-0.05, 0) is 24.6 Å². The molecule has 0 unspecified atom stereocenters. The minimum atomic E-state index is -3.10. The van der Waals surface area contributed by atoms with Crippen LogP contribution in [0.2, 0.25) is 0 Å². The minimum Gasteiger partial charge on any atom is -0.496 e. The normalized spacial score (nSPS) is 18.2. The summed E-state index contributed by atoms with van der Waals surface area (Å²) in [5, 5.41) is 4.29. The van der Waals surface area contributed by atoms with E-state index in [1.54, 1.807) is 26.3 Å². The number of hydrogen-bond acceptors (Lipinski definition) is 6. The third kappa shape index (κ3) is 4.19. The van der Waals surface area contributed by atoms with Crippen LogP contribution in [-0.4, -0.2) is 60.7 Å². The summed E-state index contributed by atoms with van der Waals surface area (Å²) in [6, 6.07) is 9.81. The van der Waals surface area contributed by atoms with Crippen LogP contribution in [0.1, 0.15) is 6.42 Å². The molecule has 1 fully saturated rings. The number of likely N-dealkylation sites (N-methyl/N-ethyl adjacent to an activating group) is 1. The van der Waals surface area contributed by atoms with Crippen LogP contribution in [0.5, 0.6) is 5.75 Å². The van der Waals surface area contributed by atoms with Gasteiger partial charge in [0.15, 0.2) is 9.84 Å². The number of rotatable bonds is 5. The van der Waals surface area contributed by atoms with Crippen molar-refractivity contribution < 1.29 is 17.9 Å². The molecule has 0 aliphatic carbocycles. The number of ether oxygens (including phenoxy) is 1. The maximum atomic E-state index is 12.5. The van der Waals surface area contributed by atoms with E-state index in [9.17, 15) is 18.0 Å². The van der Waals surface area contributed by atoms with Crippen molar-refractivity contribution in [1.82, 2.24) is 14.7 Å².